The first-order valence-corrected chi connectivity index (χ1v) is 9.04. The molecule has 0 atom stereocenters. The zero-order chi connectivity index (χ0) is 18.7. The molecule has 0 aliphatic carbocycles. The van der Waals surface area contributed by atoms with Crippen LogP contribution in [0.2, 0.25) is 0 Å². The van der Waals surface area contributed by atoms with Crippen LogP contribution in [0.25, 0.3) is 10.6 Å². The number of aromatic nitrogens is 2. The molecule has 3 rings (SSSR count). The molecule has 0 bridgehead atoms. The van der Waals surface area contributed by atoms with Crippen LogP contribution in [0.4, 0.5) is 8.78 Å². The zero-order valence-corrected chi connectivity index (χ0v) is 15.1. The fourth-order valence-corrected chi connectivity index (χ4v) is 3.67. The summed E-state index contributed by atoms with van der Waals surface area (Å²) in [6, 6.07) is 2.06. The Bertz CT molecular complexity index is 943. The minimum absolute atomic E-state index is 0.111. The molecular formula is C16H13F2N3O3S2. The summed E-state index contributed by atoms with van der Waals surface area (Å²) in [5, 5.41) is 3.21. The number of rotatable bonds is 7. The Balaban J connectivity index is 1.64. The van der Waals surface area contributed by atoms with Crippen molar-refractivity contribution < 1.29 is 23.0 Å². The fraction of sp³-hybridized carbons (Fsp3) is 0.188. The lowest BCUT2D eigenvalue weighted by Gasteiger charge is -2.08. The first-order valence-electron chi connectivity index (χ1n) is 7.34. The Morgan fingerprint density at radius 2 is 2.15 bits per heavy atom. The van der Waals surface area contributed by atoms with Crippen LogP contribution in [-0.2, 0) is 6.42 Å². The van der Waals surface area contributed by atoms with E-state index in [0.717, 1.165) is 27.7 Å². The molecule has 0 aliphatic rings. The second-order valence-corrected chi connectivity index (χ2v) is 6.95. The Morgan fingerprint density at radius 3 is 2.85 bits per heavy atom. The number of nitrogens with zero attached hydrogens (tertiary/aromatic N) is 2. The first-order chi connectivity index (χ1) is 12.5. The summed E-state index contributed by atoms with van der Waals surface area (Å²) in [4.78, 5) is 20.5. The molecule has 2 N–H and O–H groups in total. The molecule has 3 aromatic rings. The Kier molecular flexibility index (Phi) is 5.43. The highest BCUT2D eigenvalue weighted by Gasteiger charge is 2.19. The van der Waals surface area contributed by atoms with Gasteiger partial charge in [-0.2, -0.15) is 0 Å². The van der Waals surface area contributed by atoms with E-state index in [-0.39, 0.29) is 12.4 Å². The van der Waals surface area contributed by atoms with Gasteiger partial charge in [0.2, 0.25) is 0 Å². The number of hydrogen-bond donors (Lipinski definition) is 1. The maximum absolute atomic E-state index is 14.1. The Morgan fingerprint density at radius 1 is 1.35 bits per heavy atom. The molecule has 0 saturated carbocycles. The lowest BCUT2D eigenvalue weighted by molar-refractivity contribution is 0.0991. The maximum atomic E-state index is 14.1. The number of thiazole rings is 2. The van der Waals surface area contributed by atoms with Gasteiger partial charge in [-0.25, -0.2) is 18.7 Å². The van der Waals surface area contributed by atoms with E-state index in [2.05, 4.69) is 9.97 Å². The smallest absolute Gasteiger partial charge is 0.273 e. The largest absolute Gasteiger partial charge is 0.490 e. The van der Waals surface area contributed by atoms with Crippen molar-refractivity contribution in [1.82, 2.24) is 9.97 Å². The van der Waals surface area contributed by atoms with Crippen LogP contribution in [0.15, 0.2) is 23.7 Å². The van der Waals surface area contributed by atoms with Gasteiger partial charge in [-0.15, -0.1) is 11.3 Å². The number of ether oxygens (including phenoxy) is 2. The van der Waals surface area contributed by atoms with Gasteiger partial charge >= 0.3 is 0 Å². The van der Waals surface area contributed by atoms with Crippen LogP contribution in [-0.4, -0.2) is 29.6 Å². The highest BCUT2D eigenvalue weighted by molar-refractivity contribution is 7.17. The van der Waals surface area contributed by atoms with Crippen molar-refractivity contribution in [3.05, 3.63) is 45.9 Å². The van der Waals surface area contributed by atoms with Crippen molar-refractivity contribution in [3.63, 3.8) is 0 Å². The number of hydrogen-bond acceptors (Lipinski definition) is 7. The number of benzene rings is 1. The summed E-state index contributed by atoms with van der Waals surface area (Å²) in [6.07, 6.45) is 2.10. The maximum Gasteiger partial charge on any atom is 0.273 e. The molecule has 1 aromatic carbocycles. The molecular weight excluding hydrogens is 384 g/mol. The number of carbonyl (C=O) groups excluding carboxylic acids is 1. The predicted octanol–water partition coefficient (Wildman–Crippen LogP) is 3.27. The van der Waals surface area contributed by atoms with Crippen LogP contribution in [0.3, 0.4) is 0 Å². The number of amides is 1. The van der Waals surface area contributed by atoms with Crippen LogP contribution >= 0.6 is 22.7 Å². The van der Waals surface area contributed by atoms with Crippen molar-refractivity contribution in [2.24, 2.45) is 5.73 Å². The molecule has 0 saturated heterocycles. The van der Waals surface area contributed by atoms with Gasteiger partial charge in [0.15, 0.2) is 11.6 Å². The Hall–Kier alpha value is -2.59. The molecule has 0 unspecified atom stereocenters. The monoisotopic (exact) mass is 397 g/mol. The number of primary amides is 1. The highest BCUT2D eigenvalue weighted by atomic mass is 32.1. The average Bonchev–Trinajstić information content (AvgIpc) is 3.25. The van der Waals surface area contributed by atoms with Gasteiger partial charge < -0.3 is 15.2 Å². The summed E-state index contributed by atoms with van der Waals surface area (Å²) in [7, 11) is 1.55. The second-order valence-electron chi connectivity index (χ2n) is 5.02. The third kappa shape index (κ3) is 3.81. The molecule has 1 amide bonds. The lowest BCUT2D eigenvalue weighted by atomic mass is 10.1. The minimum atomic E-state index is -1.19. The van der Waals surface area contributed by atoms with Crippen molar-refractivity contribution in [3.8, 4) is 21.5 Å². The average molecular weight is 397 g/mol. The molecule has 10 heteroatoms. The number of carbonyl (C=O) groups is 1. The van der Waals surface area contributed by atoms with Gasteiger partial charge in [0.25, 0.3) is 11.1 Å². The molecule has 0 radical (unpaired) electrons. The van der Waals surface area contributed by atoms with Crippen LogP contribution < -0.4 is 15.2 Å². The van der Waals surface area contributed by atoms with Crippen molar-refractivity contribution in [2.45, 2.75) is 6.42 Å². The van der Waals surface area contributed by atoms with E-state index >= 15 is 0 Å². The van der Waals surface area contributed by atoms with Crippen LogP contribution in [0.5, 0.6) is 10.9 Å². The fourth-order valence-electron chi connectivity index (χ4n) is 2.13. The lowest BCUT2D eigenvalue weighted by Crippen LogP contribution is -2.16. The molecule has 2 aromatic heterocycles. The van der Waals surface area contributed by atoms with E-state index in [4.69, 9.17) is 15.2 Å². The van der Waals surface area contributed by atoms with Gasteiger partial charge in [0, 0.05) is 11.8 Å². The molecule has 136 valence electrons. The minimum Gasteiger partial charge on any atom is -0.490 e. The summed E-state index contributed by atoms with van der Waals surface area (Å²) in [5.74, 6) is -3.54. The van der Waals surface area contributed by atoms with E-state index in [9.17, 15) is 13.6 Å². The van der Waals surface area contributed by atoms with Crippen LogP contribution in [0.1, 0.15) is 15.4 Å². The van der Waals surface area contributed by atoms with Crippen molar-refractivity contribution in [2.75, 3.05) is 13.7 Å². The predicted molar refractivity (Wildman–Crippen MR) is 93.8 cm³/mol. The summed E-state index contributed by atoms with van der Waals surface area (Å²) >= 11 is 2.81. The van der Waals surface area contributed by atoms with Crippen molar-refractivity contribution >= 4 is 28.6 Å². The van der Waals surface area contributed by atoms with E-state index in [0.29, 0.717) is 11.6 Å². The normalized spacial score (nSPS) is 10.7. The summed E-state index contributed by atoms with van der Waals surface area (Å²) in [5.41, 5.74) is 4.94. The highest BCUT2D eigenvalue weighted by Crippen LogP contribution is 2.31. The molecule has 0 fully saturated rings. The quantitative estimate of drug-likeness (QED) is 0.661. The summed E-state index contributed by atoms with van der Waals surface area (Å²) < 4.78 is 37.9. The molecule has 26 heavy (non-hydrogen) atoms. The number of methoxy groups -OCH3 is 1. The van der Waals surface area contributed by atoms with E-state index in [1.807, 2.05) is 5.38 Å². The topological polar surface area (TPSA) is 87.3 Å². The van der Waals surface area contributed by atoms with E-state index in [1.54, 1.807) is 13.3 Å². The van der Waals surface area contributed by atoms with E-state index < -0.39 is 23.1 Å². The first kappa shape index (κ1) is 18.2. The van der Waals surface area contributed by atoms with Gasteiger partial charge in [0.1, 0.15) is 11.4 Å². The standard InChI is InChI=1S/C16H13F2N3O3S2/c1-23-16-20-6-11(26-16)9-7-25-12(21-9)4-5-24-10-3-2-8(17)13(14(10)18)15(19)22/h2-3,6-7H,4-5H2,1H3,(H2,19,22). The van der Waals surface area contributed by atoms with E-state index in [1.165, 1.54) is 22.7 Å². The van der Waals surface area contributed by atoms with Gasteiger partial charge in [-0.1, -0.05) is 11.3 Å². The number of halogens is 2. The third-order valence-electron chi connectivity index (χ3n) is 3.34. The van der Waals surface area contributed by atoms with Gasteiger partial charge in [-0.05, 0) is 12.1 Å². The zero-order valence-electron chi connectivity index (χ0n) is 13.5. The number of nitrogens with two attached hydrogens (primary N) is 1. The van der Waals surface area contributed by atoms with Crippen LogP contribution in [0, 0.1) is 11.6 Å². The second kappa shape index (κ2) is 7.75. The molecule has 2 heterocycles. The van der Waals surface area contributed by atoms with Crippen molar-refractivity contribution in [1.29, 1.82) is 0 Å². The Labute approximate surface area is 155 Å². The molecule has 0 aliphatic heterocycles. The molecule has 6 nitrogen and oxygen atoms in total. The summed E-state index contributed by atoms with van der Waals surface area (Å²) in [6.45, 7) is 0.111. The van der Waals surface area contributed by atoms with Gasteiger partial charge in [0.05, 0.1) is 35.5 Å². The SMILES string of the molecule is COc1ncc(-c2csc(CCOc3ccc(F)c(C(N)=O)c3F)n2)s1. The molecule has 0 spiro atoms. The van der Waals surface area contributed by atoms with Gasteiger partial charge in [-0.3, -0.25) is 4.79 Å². The third-order valence-corrected chi connectivity index (χ3v) is 5.23.